The molecule has 4 N–H and O–H groups in total. The Hall–Kier alpha value is -3.58. The molecule has 2 aromatic carbocycles. The van der Waals surface area contributed by atoms with E-state index in [4.69, 9.17) is 27.8 Å². The lowest BCUT2D eigenvalue weighted by Gasteiger charge is -2.20. The van der Waals surface area contributed by atoms with Gasteiger partial charge in [0.1, 0.15) is 18.3 Å². The van der Waals surface area contributed by atoms with Crippen molar-refractivity contribution in [2.75, 3.05) is 20.8 Å². The molecule has 0 radical (unpaired) electrons. The van der Waals surface area contributed by atoms with E-state index in [2.05, 4.69) is 0 Å². The molecular weight excluding hydrogens is 444 g/mol. The summed E-state index contributed by atoms with van der Waals surface area (Å²) in [4.78, 5) is 25.6. The molecule has 33 heavy (non-hydrogen) atoms. The van der Waals surface area contributed by atoms with Crippen molar-refractivity contribution in [3.8, 4) is 23.0 Å². The Balaban J connectivity index is 1.81. The molecule has 2 aromatic heterocycles. The zero-order valence-electron chi connectivity index (χ0n) is 17.2. The van der Waals surface area contributed by atoms with Crippen LogP contribution in [0.25, 0.3) is 32.7 Å². The Labute approximate surface area is 183 Å². The maximum atomic E-state index is 12.9. The number of hydrogen-bond acceptors (Lipinski definition) is 12. The number of aliphatic hydroxyl groups excluding tert-OH is 3. The summed E-state index contributed by atoms with van der Waals surface area (Å²) in [5.41, 5.74) is -2.02. The van der Waals surface area contributed by atoms with Gasteiger partial charge in [0.05, 0.1) is 31.6 Å². The molecule has 4 atom stereocenters. The van der Waals surface area contributed by atoms with Crippen LogP contribution in [-0.4, -0.2) is 65.9 Å². The number of aliphatic hydroxyl groups is 3. The predicted octanol–water partition coefficient (Wildman–Crippen LogP) is 0.0310. The minimum absolute atomic E-state index is 0.0521. The second kappa shape index (κ2) is 7.49. The first-order valence-electron chi connectivity index (χ1n) is 9.73. The second-order valence-electron chi connectivity index (χ2n) is 7.44. The number of hydrogen-bond donors (Lipinski definition) is 4. The first kappa shape index (κ1) is 21.3. The monoisotopic (exact) mass is 462 g/mol. The fraction of sp³-hybridized carbons (Fsp3) is 0.333. The Morgan fingerprint density at radius 1 is 0.909 bits per heavy atom. The molecule has 1 aliphatic rings. The van der Waals surface area contributed by atoms with Gasteiger partial charge in [-0.25, -0.2) is 9.59 Å². The summed E-state index contributed by atoms with van der Waals surface area (Å²) in [6, 6.07) is 2.39. The molecule has 1 aliphatic heterocycles. The second-order valence-corrected chi connectivity index (χ2v) is 7.44. The molecule has 3 heterocycles. The summed E-state index contributed by atoms with van der Waals surface area (Å²) in [5, 5.41) is 39.9. The maximum absolute atomic E-state index is 12.9. The van der Waals surface area contributed by atoms with Gasteiger partial charge in [-0.1, -0.05) is 0 Å². The molecule has 12 heteroatoms. The van der Waals surface area contributed by atoms with Crippen LogP contribution in [0.2, 0.25) is 0 Å². The topological polar surface area (TPSA) is 178 Å². The van der Waals surface area contributed by atoms with Gasteiger partial charge >= 0.3 is 11.3 Å². The Morgan fingerprint density at radius 3 is 2.03 bits per heavy atom. The summed E-state index contributed by atoms with van der Waals surface area (Å²) >= 11 is 0. The number of benzene rings is 2. The number of aromatic hydroxyl groups is 1. The summed E-state index contributed by atoms with van der Waals surface area (Å²) in [7, 11) is 2.53. The Kier molecular flexibility index (Phi) is 4.83. The summed E-state index contributed by atoms with van der Waals surface area (Å²) < 4.78 is 32.3. The van der Waals surface area contributed by atoms with Gasteiger partial charge < -0.3 is 48.2 Å². The van der Waals surface area contributed by atoms with Crippen LogP contribution < -0.4 is 25.5 Å². The van der Waals surface area contributed by atoms with Crippen molar-refractivity contribution in [1.82, 2.24) is 0 Å². The molecule has 1 saturated heterocycles. The first-order chi connectivity index (χ1) is 15.8. The minimum Gasteiger partial charge on any atom is -0.504 e. The average molecular weight is 462 g/mol. The van der Waals surface area contributed by atoms with Gasteiger partial charge in [0.25, 0.3) is 0 Å². The molecule has 0 aliphatic carbocycles. The highest BCUT2D eigenvalue weighted by atomic mass is 16.7. The van der Waals surface area contributed by atoms with Gasteiger partial charge in [-0.3, -0.25) is 0 Å². The van der Waals surface area contributed by atoms with E-state index in [1.807, 2.05) is 0 Å². The quantitative estimate of drug-likeness (QED) is 0.231. The van der Waals surface area contributed by atoms with Crippen molar-refractivity contribution < 1.29 is 48.2 Å². The van der Waals surface area contributed by atoms with Crippen molar-refractivity contribution in [2.45, 2.75) is 24.6 Å². The van der Waals surface area contributed by atoms with Crippen molar-refractivity contribution >= 4 is 32.7 Å². The third-order valence-corrected chi connectivity index (χ3v) is 5.65. The molecule has 12 nitrogen and oxygen atoms in total. The van der Waals surface area contributed by atoms with E-state index in [1.165, 1.54) is 20.3 Å². The van der Waals surface area contributed by atoms with Crippen LogP contribution in [0.5, 0.6) is 23.0 Å². The van der Waals surface area contributed by atoms with E-state index in [1.54, 1.807) is 0 Å². The zero-order valence-corrected chi connectivity index (χ0v) is 17.2. The number of phenolic OH excluding ortho intramolecular Hbond substituents is 1. The van der Waals surface area contributed by atoms with Crippen LogP contribution in [0.15, 0.2) is 30.6 Å². The van der Waals surface area contributed by atoms with Crippen LogP contribution in [-0.2, 0) is 4.74 Å². The summed E-state index contributed by atoms with van der Waals surface area (Å²) in [6.07, 6.45) is -5.45. The Bertz CT molecular complexity index is 1480. The lowest BCUT2D eigenvalue weighted by Crippen LogP contribution is -2.35. The summed E-state index contributed by atoms with van der Waals surface area (Å²) in [6.45, 7) is -0.567. The van der Waals surface area contributed by atoms with Crippen LogP contribution in [0, 0.1) is 0 Å². The number of ether oxygens (including phenoxy) is 4. The van der Waals surface area contributed by atoms with Crippen LogP contribution in [0.3, 0.4) is 0 Å². The standard InChI is InChI=1S/C21H18O12/c1-28-15-8(23)3-6-11-12-7(20(27)32-17(11)15)4-9(16(29-2)18(12)33-19(6)26)30-21-14(25)13(24)10(5-22)31-21/h3-4,10,13-14,21-25H,5H2,1-2H3/t10-,13+,14+,21+/m0/s1. The first-order valence-corrected chi connectivity index (χ1v) is 9.73. The molecule has 0 bridgehead atoms. The average Bonchev–Trinajstić information content (AvgIpc) is 3.06. The molecule has 0 saturated carbocycles. The van der Waals surface area contributed by atoms with Crippen molar-refractivity contribution in [2.24, 2.45) is 0 Å². The molecule has 0 unspecified atom stereocenters. The largest absolute Gasteiger partial charge is 0.504 e. The fourth-order valence-electron chi connectivity index (χ4n) is 4.12. The van der Waals surface area contributed by atoms with Gasteiger partial charge in [0.15, 0.2) is 22.7 Å². The smallest absolute Gasteiger partial charge is 0.344 e. The molecular formula is C21H18O12. The fourth-order valence-corrected chi connectivity index (χ4v) is 4.12. The summed E-state index contributed by atoms with van der Waals surface area (Å²) in [5.74, 6) is -0.806. The highest BCUT2D eigenvalue weighted by molar-refractivity contribution is 6.22. The molecule has 0 amide bonds. The van der Waals surface area contributed by atoms with E-state index < -0.39 is 48.2 Å². The molecule has 1 fully saturated rings. The lowest BCUT2D eigenvalue weighted by molar-refractivity contribution is -0.117. The molecule has 4 aromatic rings. The number of phenols is 1. The minimum atomic E-state index is -1.52. The van der Waals surface area contributed by atoms with Crippen LogP contribution in [0.4, 0.5) is 0 Å². The SMILES string of the molecule is COc1c(O)cc2c(=O)oc3c(OC)c(O[C@@H]4O[C@@H](CO)[C@@H](O)[C@H]4O)cc4c(=O)oc1c2c34. The van der Waals surface area contributed by atoms with Crippen molar-refractivity contribution in [3.05, 3.63) is 33.0 Å². The molecule has 5 rings (SSSR count). The molecule has 0 spiro atoms. The highest BCUT2D eigenvalue weighted by Crippen LogP contribution is 2.46. The van der Waals surface area contributed by atoms with Gasteiger partial charge in [-0.2, -0.15) is 0 Å². The van der Waals surface area contributed by atoms with Gasteiger partial charge in [0.2, 0.25) is 17.8 Å². The third-order valence-electron chi connectivity index (χ3n) is 5.65. The lowest BCUT2D eigenvalue weighted by atomic mass is 10.0. The van der Waals surface area contributed by atoms with Crippen LogP contribution >= 0.6 is 0 Å². The van der Waals surface area contributed by atoms with Gasteiger partial charge in [-0.05, 0) is 12.1 Å². The Morgan fingerprint density at radius 2 is 1.48 bits per heavy atom. The third kappa shape index (κ3) is 2.92. The molecule has 174 valence electrons. The van der Waals surface area contributed by atoms with Gasteiger partial charge in [0, 0.05) is 10.8 Å². The van der Waals surface area contributed by atoms with Crippen molar-refractivity contribution in [3.63, 3.8) is 0 Å². The van der Waals surface area contributed by atoms with Crippen LogP contribution in [0.1, 0.15) is 0 Å². The zero-order chi connectivity index (χ0) is 23.6. The number of methoxy groups -OCH3 is 2. The maximum Gasteiger partial charge on any atom is 0.344 e. The van der Waals surface area contributed by atoms with E-state index in [0.717, 1.165) is 6.07 Å². The van der Waals surface area contributed by atoms with Crippen molar-refractivity contribution in [1.29, 1.82) is 0 Å². The van der Waals surface area contributed by atoms with E-state index >= 15 is 0 Å². The van der Waals surface area contributed by atoms with E-state index in [-0.39, 0.29) is 50.0 Å². The normalized spacial score (nSPS) is 23.1. The predicted molar refractivity (Wildman–Crippen MR) is 110 cm³/mol. The number of rotatable bonds is 5. The van der Waals surface area contributed by atoms with Gasteiger partial charge in [-0.15, -0.1) is 0 Å². The van der Waals surface area contributed by atoms with E-state index in [0.29, 0.717) is 0 Å². The van der Waals surface area contributed by atoms with E-state index in [9.17, 15) is 30.0 Å². The highest BCUT2D eigenvalue weighted by Gasteiger charge is 2.44.